The van der Waals surface area contributed by atoms with E-state index in [0.29, 0.717) is 18.3 Å². The van der Waals surface area contributed by atoms with Crippen molar-refractivity contribution in [2.75, 3.05) is 31.2 Å². The summed E-state index contributed by atoms with van der Waals surface area (Å²) in [4.78, 5) is 6.90. The Kier molecular flexibility index (Phi) is 4.76. The van der Waals surface area contributed by atoms with Crippen molar-refractivity contribution in [2.24, 2.45) is 0 Å². The summed E-state index contributed by atoms with van der Waals surface area (Å²) in [6, 6.07) is 9.38. The number of para-hydroxylation sites is 1. The summed E-state index contributed by atoms with van der Waals surface area (Å²) >= 11 is 0. The van der Waals surface area contributed by atoms with Crippen LogP contribution in [0.4, 0.5) is 15.8 Å². The van der Waals surface area contributed by atoms with Gasteiger partial charge in [0.2, 0.25) is 0 Å². The van der Waals surface area contributed by atoms with Crippen LogP contribution in [-0.2, 0) is 6.42 Å². The van der Waals surface area contributed by atoms with Gasteiger partial charge in [-0.05, 0) is 50.1 Å². The van der Waals surface area contributed by atoms with Crippen LogP contribution in [-0.4, -0.2) is 30.0 Å². The van der Waals surface area contributed by atoms with Gasteiger partial charge in [-0.3, -0.25) is 9.88 Å². The van der Waals surface area contributed by atoms with E-state index in [1.165, 1.54) is 23.7 Å². The molecule has 0 radical (unpaired) electrons. The third kappa shape index (κ3) is 3.45. The van der Waals surface area contributed by atoms with Crippen molar-refractivity contribution in [3.8, 4) is 0 Å². The quantitative estimate of drug-likeness (QED) is 0.832. The van der Waals surface area contributed by atoms with E-state index in [2.05, 4.69) is 28.3 Å². The molecule has 1 heterocycles. The van der Waals surface area contributed by atoms with E-state index in [-0.39, 0.29) is 11.5 Å². The number of benzene rings is 1. The van der Waals surface area contributed by atoms with Gasteiger partial charge in [0.05, 0.1) is 23.1 Å². The molecule has 1 atom stereocenters. The minimum atomic E-state index is -0.381. The minimum Gasteiger partial charge on any atom is -0.395 e. The van der Waals surface area contributed by atoms with Crippen LogP contribution in [0.25, 0.3) is 0 Å². The standard InChI is InChI=1S/C18H23FN4/c1-23(12-11-21-15-8-3-7-14(19)17(15)20)16-9-2-5-13-6-4-10-22-18(13)16/h3-4,6-8,10,16,21H,2,5,9,11-12,20H2,1H3. The lowest BCUT2D eigenvalue weighted by molar-refractivity contribution is 0.224. The smallest absolute Gasteiger partial charge is 0.148 e. The van der Waals surface area contributed by atoms with Crippen molar-refractivity contribution in [1.29, 1.82) is 0 Å². The van der Waals surface area contributed by atoms with Gasteiger partial charge in [0.15, 0.2) is 0 Å². The van der Waals surface area contributed by atoms with Gasteiger partial charge in [-0.1, -0.05) is 12.1 Å². The van der Waals surface area contributed by atoms with E-state index in [4.69, 9.17) is 5.73 Å². The van der Waals surface area contributed by atoms with Gasteiger partial charge in [-0.2, -0.15) is 0 Å². The van der Waals surface area contributed by atoms with Crippen LogP contribution in [0, 0.1) is 5.82 Å². The number of anilines is 2. The molecule has 0 fully saturated rings. The van der Waals surface area contributed by atoms with Crippen LogP contribution >= 0.6 is 0 Å². The highest BCUT2D eigenvalue weighted by Gasteiger charge is 2.24. The lowest BCUT2D eigenvalue weighted by Gasteiger charge is -2.32. The third-order valence-electron chi connectivity index (χ3n) is 4.53. The average molecular weight is 314 g/mol. The highest BCUT2D eigenvalue weighted by atomic mass is 19.1. The van der Waals surface area contributed by atoms with Crippen molar-refractivity contribution in [2.45, 2.75) is 25.3 Å². The summed E-state index contributed by atoms with van der Waals surface area (Å²) in [6.07, 6.45) is 5.31. The summed E-state index contributed by atoms with van der Waals surface area (Å²) in [7, 11) is 2.12. The Morgan fingerprint density at radius 3 is 3.09 bits per heavy atom. The monoisotopic (exact) mass is 314 g/mol. The van der Waals surface area contributed by atoms with Gasteiger partial charge in [0, 0.05) is 19.3 Å². The Balaban J connectivity index is 1.60. The Hall–Kier alpha value is -2.14. The van der Waals surface area contributed by atoms with Gasteiger partial charge >= 0.3 is 0 Å². The molecular weight excluding hydrogens is 291 g/mol. The summed E-state index contributed by atoms with van der Waals surface area (Å²) < 4.78 is 13.4. The number of aryl methyl sites for hydroxylation is 1. The maximum atomic E-state index is 13.4. The number of nitrogens with one attached hydrogen (secondary N) is 1. The highest BCUT2D eigenvalue weighted by molar-refractivity contribution is 5.66. The van der Waals surface area contributed by atoms with Crippen LogP contribution < -0.4 is 11.1 Å². The zero-order valence-corrected chi connectivity index (χ0v) is 13.4. The fraction of sp³-hybridized carbons (Fsp3) is 0.389. The first-order valence-electron chi connectivity index (χ1n) is 8.08. The lowest BCUT2D eigenvalue weighted by Crippen LogP contribution is -2.32. The maximum Gasteiger partial charge on any atom is 0.148 e. The first-order chi connectivity index (χ1) is 11.2. The SMILES string of the molecule is CN(CCNc1cccc(F)c1N)C1CCCc2cccnc21. The van der Waals surface area contributed by atoms with Crippen molar-refractivity contribution >= 4 is 11.4 Å². The zero-order valence-electron chi connectivity index (χ0n) is 13.4. The summed E-state index contributed by atoms with van der Waals surface area (Å²) in [5.41, 5.74) is 9.14. The second kappa shape index (κ2) is 6.96. The predicted octanol–water partition coefficient (Wildman–Crippen LogP) is 3.22. The van der Waals surface area contributed by atoms with Gasteiger partial charge in [-0.15, -0.1) is 0 Å². The van der Waals surface area contributed by atoms with Gasteiger partial charge in [0.1, 0.15) is 5.82 Å². The topological polar surface area (TPSA) is 54.2 Å². The minimum absolute atomic E-state index is 0.180. The zero-order chi connectivity index (χ0) is 16.2. The number of fused-ring (bicyclic) bond motifs is 1. The van der Waals surface area contributed by atoms with Crippen LogP contribution in [0.1, 0.15) is 30.1 Å². The molecule has 3 N–H and O–H groups in total. The molecule has 0 bridgehead atoms. The fourth-order valence-corrected chi connectivity index (χ4v) is 3.23. The summed E-state index contributed by atoms with van der Waals surface area (Å²) in [5, 5.41) is 3.22. The summed E-state index contributed by atoms with van der Waals surface area (Å²) in [5.74, 6) is -0.381. The molecule has 4 nitrogen and oxygen atoms in total. The van der Waals surface area contributed by atoms with Crippen molar-refractivity contribution in [1.82, 2.24) is 9.88 Å². The van der Waals surface area contributed by atoms with Crippen LogP contribution in [0.5, 0.6) is 0 Å². The fourth-order valence-electron chi connectivity index (χ4n) is 3.23. The molecule has 122 valence electrons. The molecule has 0 amide bonds. The molecule has 23 heavy (non-hydrogen) atoms. The number of hydrogen-bond donors (Lipinski definition) is 2. The van der Waals surface area contributed by atoms with E-state index < -0.39 is 0 Å². The van der Waals surface area contributed by atoms with Crippen LogP contribution in [0.3, 0.4) is 0 Å². The Bertz CT molecular complexity index is 674. The van der Waals surface area contributed by atoms with Gasteiger partial charge < -0.3 is 11.1 Å². The number of hydrogen-bond acceptors (Lipinski definition) is 4. The van der Waals surface area contributed by atoms with Gasteiger partial charge in [0.25, 0.3) is 0 Å². The van der Waals surface area contributed by atoms with E-state index in [1.807, 2.05) is 12.3 Å². The molecule has 1 unspecified atom stereocenters. The molecule has 1 aromatic carbocycles. The number of halogens is 1. The Labute approximate surface area is 136 Å². The molecule has 0 saturated carbocycles. The van der Waals surface area contributed by atoms with Crippen LogP contribution in [0.2, 0.25) is 0 Å². The first kappa shape index (κ1) is 15.7. The van der Waals surface area contributed by atoms with Crippen molar-refractivity contribution in [3.63, 3.8) is 0 Å². The molecule has 1 aliphatic carbocycles. The van der Waals surface area contributed by atoms with E-state index in [9.17, 15) is 4.39 Å². The number of nitrogens with two attached hydrogens (primary N) is 1. The Morgan fingerprint density at radius 1 is 1.35 bits per heavy atom. The maximum absolute atomic E-state index is 13.4. The molecule has 0 spiro atoms. The molecule has 2 aromatic rings. The Morgan fingerprint density at radius 2 is 2.22 bits per heavy atom. The number of rotatable bonds is 5. The van der Waals surface area contributed by atoms with E-state index >= 15 is 0 Å². The molecule has 0 saturated heterocycles. The number of nitrogens with zero attached hydrogens (tertiary/aromatic N) is 2. The third-order valence-corrected chi connectivity index (χ3v) is 4.53. The number of likely N-dealkylation sites (N-methyl/N-ethyl adjacent to an activating group) is 1. The molecule has 1 aromatic heterocycles. The molecule has 3 rings (SSSR count). The normalized spacial score (nSPS) is 17.1. The molecule has 5 heteroatoms. The number of pyridine rings is 1. The molecule has 0 aliphatic heterocycles. The largest absolute Gasteiger partial charge is 0.395 e. The second-order valence-corrected chi connectivity index (χ2v) is 6.06. The number of nitrogen functional groups attached to an aromatic ring is 1. The second-order valence-electron chi connectivity index (χ2n) is 6.06. The van der Waals surface area contributed by atoms with E-state index in [1.54, 1.807) is 12.1 Å². The predicted molar refractivity (Wildman–Crippen MR) is 91.8 cm³/mol. The highest BCUT2D eigenvalue weighted by Crippen LogP contribution is 2.31. The van der Waals surface area contributed by atoms with Crippen molar-refractivity contribution in [3.05, 3.63) is 53.6 Å². The average Bonchev–Trinajstić information content (AvgIpc) is 2.58. The molecule has 1 aliphatic rings. The van der Waals surface area contributed by atoms with E-state index in [0.717, 1.165) is 19.4 Å². The van der Waals surface area contributed by atoms with Crippen LogP contribution in [0.15, 0.2) is 36.5 Å². The lowest BCUT2D eigenvalue weighted by atomic mass is 9.91. The number of aromatic nitrogens is 1. The first-order valence-corrected chi connectivity index (χ1v) is 8.08. The summed E-state index contributed by atoms with van der Waals surface area (Å²) in [6.45, 7) is 1.56. The van der Waals surface area contributed by atoms with Crippen molar-refractivity contribution < 1.29 is 4.39 Å². The molecular formula is C18H23FN4. The van der Waals surface area contributed by atoms with Gasteiger partial charge in [-0.25, -0.2) is 4.39 Å².